The molecular formula is C9H6BrN3O2. The number of halogens is 1. The molecular weight excluding hydrogens is 262 g/mol. The number of hydrogen-bond donors (Lipinski definition) is 1. The summed E-state index contributed by atoms with van der Waals surface area (Å²) >= 11 is 3.13. The van der Waals surface area contributed by atoms with Gasteiger partial charge in [0.05, 0.1) is 0 Å². The van der Waals surface area contributed by atoms with Gasteiger partial charge in [-0.3, -0.25) is 0 Å². The van der Waals surface area contributed by atoms with E-state index in [4.69, 9.17) is 5.11 Å². The zero-order chi connectivity index (χ0) is 10.8. The van der Waals surface area contributed by atoms with E-state index in [-0.39, 0.29) is 5.69 Å². The highest BCUT2D eigenvalue weighted by atomic mass is 79.9. The van der Waals surface area contributed by atoms with Crippen LogP contribution >= 0.6 is 15.9 Å². The molecule has 6 heteroatoms. The molecule has 5 nitrogen and oxygen atoms in total. The minimum Gasteiger partial charge on any atom is -0.477 e. The molecule has 0 spiro atoms. The average molecular weight is 268 g/mol. The summed E-state index contributed by atoms with van der Waals surface area (Å²) in [5.41, 5.74) is 0.0700. The van der Waals surface area contributed by atoms with Gasteiger partial charge in [0.15, 0.2) is 11.5 Å². The normalized spacial score (nSPS) is 10.2. The van der Waals surface area contributed by atoms with Crippen LogP contribution in [0, 0.1) is 0 Å². The molecule has 0 bridgehead atoms. The molecule has 0 amide bonds. The summed E-state index contributed by atoms with van der Waals surface area (Å²) in [6.45, 7) is 0. The van der Waals surface area contributed by atoms with Crippen molar-refractivity contribution in [2.24, 2.45) is 0 Å². The van der Waals surface area contributed by atoms with Crippen LogP contribution in [0.2, 0.25) is 0 Å². The topological polar surface area (TPSA) is 68.0 Å². The van der Waals surface area contributed by atoms with Crippen molar-refractivity contribution in [1.82, 2.24) is 14.8 Å². The second kappa shape index (κ2) is 3.82. The molecule has 0 saturated carbocycles. The molecule has 1 N–H and O–H groups in total. The molecule has 2 rings (SSSR count). The van der Waals surface area contributed by atoms with Crippen molar-refractivity contribution in [3.63, 3.8) is 0 Å². The fraction of sp³-hybridized carbons (Fsp3) is 0. The Morgan fingerprint density at radius 3 is 2.87 bits per heavy atom. The lowest BCUT2D eigenvalue weighted by Gasteiger charge is -2.01. The Morgan fingerprint density at radius 2 is 2.27 bits per heavy atom. The SMILES string of the molecule is O=C(O)c1cc(Br)nn1-c1ccccn1. The molecule has 0 aliphatic heterocycles. The third-order valence-electron chi connectivity index (χ3n) is 1.76. The Bertz CT molecular complexity index is 495. The maximum atomic E-state index is 10.9. The highest BCUT2D eigenvalue weighted by molar-refractivity contribution is 9.10. The zero-order valence-corrected chi connectivity index (χ0v) is 9.05. The molecule has 76 valence electrons. The van der Waals surface area contributed by atoms with E-state index in [2.05, 4.69) is 26.0 Å². The minimum absolute atomic E-state index is 0.0700. The molecule has 0 fully saturated rings. The maximum absolute atomic E-state index is 10.9. The number of hydrogen-bond acceptors (Lipinski definition) is 3. The number of pyridine rings is 1. The molecule has 2 aromatic rings. The summed E-state index contributed by atoms with van der Waals surface area (Å²) in [4.78, 5) is 14.9. The molecule has 0 aromatic carbocycles. The number of aromatic carboxylic acids is 1. The van der Waals surface area contributed by atoms with Crippen LogP contribution in [0.15, 0.2) is 35.1 Å². The van der Waals surface area contributed by atoms with Gasteiger partial charge in [0, 0.05) is 12.3 Å². The van der Waals surface area contributed by atoms with Gasteiger partial charge < -0.3 is 5.11 Å². The predicted molar refractivity (Wildman–Crippen MR) is 56.0 cm³/mol. The quantitative estimate of drug-likeness (QED) is 0.900. The molecule has 0 unspecified atom stereocenters. The third kappa shape index (κ3) is 1.89. The largest absolute Gasteiger partial charge is 0.477 e. The first-order valence-electron chi connectivity index (χ1n) is 4.09. The number of carboxylic acid groups (broad SMARTS) is 1. The van der Waals surface area contributed by atoms with Crippen LogP contribution < -0.4 is 0 Å². The standard InChI is InChI=1S/C9H6BrN3O2/c10-7-5-6(9(14)15)13(12-7)8-3-1-2-4-11-8/h1-5H,(H,14,15). The van der Waals surface area contributed by atoms with Gasteiger partial charge in [0.25, 0.3) is 0 Å². The fourth-order valence-electron chi connectivity index (χ4n) is 1.16. The summed E-state index contributed by atoms with van der Waals surface area (Å²) in [7, 11) is 0. The minimum atomic E-state index is -1.04. The third-order valence-corrected chi connectivity index (χ3v) is 2.15. The van der Waals surface area contributed by atoms with Gasteiger partial charge >= 0.3 is 5.97 Å². The fourth-order valence-corrected chi connectivity index (χ4v) is 1.53. The van der Waals surface area contributed by atoms with Crippen molar-refractivity contribution < 1.29 is 9.90 Å². The molecule has 2 heterocycles. The Balaban J connectivity index is 2.58. The molecule has 0 saturated heterocycles. The van der Waals surface area contributed by atoms with Crippen molar-refractivity contribution in [2.45, 2.75) is 0 Å². The lowest BCUT2D eigenvalue weighted by molar-refractivity contribution is 0.0687. The van der Waals surface area contributed by atoms with Crippen molar-refractivity contribution in [3.8, 4) is 5.82 Å². The zero-order valence-electron chi connectivity index (χ0n) is 7.46. The average Bonchev–Trinajstić information content (AvgIpc) is 2.62. The number of nitrogens with zero attached hydrogens (tertiary/aromatic N) is 3. The van der Waals surface area contributed by atoms with Crippen LogP contribution in [0.4, 0.5) is 0 Å². The maximum Gasteiger partial charge on any atom is 0.354 e. The van der Waals surface area contributed by atoms with Crippen LogP contribution in [0.1, 0.15) is 10.5 Å². The first-order chi connectivity index (χ1) is 7.18. The highest BCUT2D eigenvalue weighted by Gasteiger charge is 2.14. The molecule has 0 aliphatic carbocycles. The van der Waals surface area contributed by atoms with Gasteiger partial charge in [0.2, 0.25) is 0 Å². The van der Waals surface area contributed by atoms with Gasteiger partial charge in [-0.15, -0.1) is 0 Å². The molecule has 0 radical (unpaired) electrons. The Hall–Kier alpha value is -1.69. The lowest BCUT2D eigenvalue weighted by Crippen LogP contribution is -2.08. The van der Waals surface area contributed by atoms with E-state index >= 15 is 0 Å². The van der Waals surface area contributed by atoms with Gasteiger partial charge in [-0.1, -0.05) is 6.07 Å². The van der Waals surface area contributed by atoms with E-state index < -0.39 is 5.97 Å². The highest BCUT2D eigenvalue weighted by Crippen LogP contribution is 2.14. The van der Waals surface area contributed by atoms with Crippen molar-refractivity contribution >= 4 is 21.9 Å². The van der Waals surface area contributed by atoms with Crippen molar-refractivity contribution in [1.29, 1.82) is 0 Å². The van der Waals surface area contributed by atoms with Crippen LogP contribution in [-0.2, 0) is 0 Å². The van der Waals surface area contributed by atoms with Crippen molar-refractivity contribution in [3.05, 3.63) is 40.8 Å². The van der Waals surface area contributed by atoms with E-state index in [0.717, 1.165) is 0 Å². The van der Waals surface area contributed by atoms with Gasteiger partial charge in [-0.25, -0.2) is 14.5 Å². The first-order valence-corrected chi connectivity index (χ1v) is 4.88. The van der Waals surface area contributed by atoms with Crippen molar-refractivity contribution in [2.75, 3.05) is 0 Å². The second-order valence-corrected chi connectivity index (χ2v) is 3.57. The Morgan fingerprint density at radius 1 is 1.47 bits per heavy atom. The van der Waals surface area contributed by atoms with Crippen LogP contribution in [0.5, 0.6) is 0 Å². The number of carboxylic acids is 1. The predicted octanol–water partition coefficient (Wildman–Crippen LogP) is 1.73. The molecule has 0 atom stereocenters. The Kier molecular flexibility index (Phi) is 2.51. The summed E-state index contributed by atoms with van der Waals surface area (Å²) in [5, 5.41) is 12.9. The summed E-state index contributed by atoms with van der Waals surface area (Å²) < 4.78 is 1.73. The summed E-state index contributed by atoms with van der Waals surface area (Å²) in [6.07, 6.45) is 1.58. The summed E-state index contributed by atoms with van der Waals surface area (Å²) in [6, 6.07) is 6.63. The summed E-state index contributed by atoms with van der Waals surface area (Å²) in [5.74, 6) is -0.570. The van der Waals surface area contributed by atoms with Gasteiger partial charge in [-0.05, 0) is 28.1 Å². The Labute approximate surface area is 93.5 Å². The lowest BCUT2D eigenvalue weighted by atomic mass is 10.4. The van der Waals surface area contributed by atoms with Crippen LogP contribution in [-0.4, -0.2) is 25.8 Å². The number of aromatic nitrogens is 3. The van der Waals surface area contributed by atoms with E-state index in [1.807, 2.05) is 0 Å². The molecule has 0 aliphatic rings. The van der Waals surface area contributed by atoms with Crippen LogP contribution in [0.3, 0.4) is 0 Å². The van der Waals surface area contributed by atoms with E-state index in [1.54, 1.807) is 24.4 Å². The first kappa shape index (κ1) is 9.85. The molecule has 2 aromatic heterocycles. The second-order valence-electron chi connectivity index (χ2n) is 2.76. The monoisotopic (exact) mass is 267 g/mol. The van der Waals surface area contributed by atoms with E-state index in [9.17, 15) is 4.79 Å². The number of rotatable bonds is 2. The van der Waals surface area contributed by atoms with Crippen LogP contribution in [0.25, 0.3) is 5.82 Å². The van der Waals surface area contributed by atoms with Gasteiger partial charge in [-0.2, -0.15) is 5.10 Å². The van der Waals surface area contributed by atoms with E-state index in [1.165, 1.54) is 10.7 Å². The van der Waals surface area contributed by atoms with E-state index in [0.29, 0.717) is 10.4 Å². The molecule has 15 heavy (non-hydrogen) atoms. The smallest absolute Gasteiger partial charge is 0.354 e. The number of carbonyl (C=O) groups is 1. The van der Waals surface area contributed by atoms with Gasteiger partial charge in [0.1, 0.15) is 4.60 Å².